The van der Waals surface area contributed by atoms with Gasteiger partial charge in [0.2, 0.25) is 0 Å². The number of hydrogen-bond donors (Lipinski definition) is 0. The number of halogens is 6. The third-order valence-electron chi connectivity index (χ3n) is 5.31. The van der Waals surface area contributed by atoms with Crippen LogP contribution in [0.1, 0.15) is 36.1 Å². The van der Waals surface area contributed by atoms with Crippen LogP contribution >= 0.6 is 0 Å². The maximum Gasteiger partial charge on any atom is 0.416 e. The van der Waals surface area contributed by atoms with Crippen LogP contribution in [0, 0.1) is 5.41 Å². The van der Waals surface area contributed by atoms with E-state index in [1.54, 1.807) is 24.5 Å². The summed E-state index contributed by atoms with van der Waals surface area (Å²) >= 11 is 0. The van der Waals surface area contributed by atoms with Gasteiger partial charge >= 0.3 is 12.4 Å². The van der Waals surface area contributed by atoms with Gasteiger partial charge < -0.3 is 4.74 Å². The molecule has 1 heterocycles. The first kappa shape index (κ1) is 26.5. The molecule has 0 bridgehead atoms. The van der Waals surface area contributed by atoms with E-state index in [-0.39, 0.29) is 24.5 Å². The lowest BCUT2D eigenvalue weighted by atomic mass is 9.93. The molecule has 3 aromatic rings. The molecule has 0 saturated heterocycles. The van der Waals surface area contributed by atoms with E-state index in [0.717, 1.165) is 23.8 Å². The Morgan fingerprint density at radius 3 is 2.09 bits per heavy atom. The van der Waals surface area contributed by atoms with E-state index < -0.39 is 28.9 Å². The molecule has 1 aromatic heterocycles. The van der Waals surface area contributed by atoms with Crippen LogP contribution in [-0.4, -0.2) is 23.0 Å². The molecule has 2 aromatic carbocycles. The number of alkyl halides is 6. The molecule has 0 fully saturated rings. The van der Waals surface area contributed by atoms with E-state index in [2.05, 4.69) is 4.98 Å². The van der Waals surface area contributed by atoms with E-state index in [9.17, 15) is 26.3 Å². The maximum atomic E-state index is 13.6. The average molecular weight is 496 g/mol. The number of hydrogen-bond acceptors (Lipinski definition) is 3. The second kappa shape index (κ2) is 10.7. The Balaban J connectivity index is 1.75. The lowest BCUT2D eigenvalue weighted by molar-refractivity contribution is -0.139. The molecule has 0 aliphatic rings. The van der Waals surface area contributed by atoms with Crippen LogP contribution < -0.4 is 4.74 Å². The fourth-order valence-electron chi connectivity index (χ4n) is 3.76. The van der Waals surface area contributed by atoms with Gasteiger partial charge in [-0.15, -0.1) is 0 Å². The molecule has 3 rings (SSSR count). The quantitative estimate of drug-likeness (QED) is 0.292. The summed E-state index contributed by atoms with van der Waals surface area (Å²) in [4.78, 5) is 5.97. The SMILES string of the molecule is CC(C)(COc1ccc(C(F)(F)F)cc1)CN(Cc1cccnc1)Cc1ccccc1C(F)(F)F. The van der Waals surface area contributed by atoms with Gasteiger partial charge in [0.05, 0.1) is 17.7 Å². The molecule has 3 nitrogen and oxygen atoms in total. The predicted molar refractivity (Wildman–Crippen MR) is 121 cm³/mol. The highest BCUT2D eigenvalue weighted by Gasteiger charge is 2.34. The van der Waals surface area contributed by atoms with Crippen LogP contribution in [0.2, 0.25) is 0 Å². The first-order valence-electron chi connectivity index (χ1n) is 10.9. The molecule has 0 amide bonds. The fraction of sp³-hybridized carbons (Fsp3) is 0.346. The number of nitrogens with zero attached hydrogens (tertiary/aromatic N) is 2. The third-order valence-corrected chi connectivity index (χ3v) is 5.31. The zero-order valence-electron chi connectivity index (χ0n) is 19.3. The van der Waals surface area contributed by atoms with E-state index in [0.29, 0.717) is 13.1 Å². The van der Waals surface area contributed by atoms with Crippen molar-refractivity contribution < 1.29 is 31.1 Å². The lowest BCUT2D eigenvalue weighted by Crippen LogP contribution is -2.37. The van der Waals surface area contributed by atoms with Gasteiger partial charge in [-0.25, -0.2) is 0 Å². The molecule has 35 heavy (non-hydrogen) atoms. The Hall–Kier alpha value is -3.07. The van der Waals surface area contributed by atoms with Crippen molar-refractivity contribution in [1.82, 2.24) is 9.88 Å². The summed E-state index contributed by atoms with van der Waals surface area (Å²) in [6.07, 6.45) is -5.63. The van der Waals surface area contributed by atoms with Gasteiger partial charge in [-0.3, -0.25) is 9.88 Å². The minimum absolute atomic E-state index is 0.0499. The standard InChI is InChI=1S/C26H26F6N2O/c1-24(2,18-35-22-11-9-21(10-12-22)25(27,28)29)17-34(15-19-6-5-13-33-14-19)16-20-7-3-4-8-23(20)26(30,31)32/h3-14H,15-18H2,1-2H3. The molecule has 9 heteroatoms. The fourth-order valence-corrected chi connectivity index (χ4v) is 3.76. The molecule has 0 saturated carbocycles. The number of rotatable bonds is 9. The van der Waals surface area contributed by atoms with Gasteiger partial charge in [-0.05, 0) is 47.5 Å². The van der Waals surface area contributed by atoms with Gasteiger partial charge in [0.1, 0.15) is 5.75 Å². The lowest BCUT2D eigenvalue weighted by Gasteiger charge is -2.33. The minimum atomic E-state index is -4.47. The molecule has 0 aliphatic carbocycles. The van der Waals surface area contributed by atoms with E-state index in [1.807, 2.05) is 24.8 Å². The van der Waals surface area contributed by atoms with Crippen molar-refractivity contribution in [3.8, 4) is 5.75 Å². The van der Waals surface area contributed by atoms with Crippen molar-refractivity contribution in [2.75, 3.05) is 13.2 Å². The predicted octanol–water partition coefficient (Wildman–Crippen LogP) is 7.23. The largest absolute Gasteiger partial charge is 0.493 e. The van der Waals surface area contributed by atoms with Crippen LogP contribution in [0.15, 0.2) is 73.1 Å². The number of benzene rings is 2. The summed E-state index contributed by atoms with van der Waals surface area (Å²) < 4.78 is 84.7. The minimum Gasteiger partial charge on any atom is -0.493 e. The maximum absolute atomic E-state index is 13.6. The van der Waals surface area contributed by atoms with Crippen molar-refractivity contribution in [3.63, 3.8) is 0 Å². The smallest absolute Gasteiger partial charge is 0.416 e. The first-order chi connectivity index (χ1) is 16.3. The first-order valence-corrected chi connectivity index (χ1v) is 10.9. The number of ether oxygens (including phenoxy) is 1. The zero-order valence-corrected chi connectivity index (χ0v) is 19.3. The summed E-state index contributed by atoms with van der Waals surface area (Å²) in [5, 5.41) is 0. The van der Waals surface area contributed by atoms with Crippen LogP contribution in [-0.2, 0) is 25.4 Å². The Morgan fingerprint density at radius 1 is 0.800 bits per heavy atom. The molecule has 0 aliphatic heterocycles. The molecule has 0 unspecified atom stereocenters. The molecular weight excluding hydrogens is 470 g/mol. The molecule has 0 atom stereocenters. The van der Waals surface area contributed by atoms with Gasteiger partial charge in [-0.1, -0.05) is 38.1 Å². The van der Waals surface area contributed by atoms with Crippen LogP contribution in [0.4, 0.5) is 26.3 Å². The second-order valence-electron chi connectivity index (χ2n) is 9.14. The summed E-state index contributed by atoms with van der Waals surface area (Å²) in [6.45, 7) is 4.72. The normalized spacial score (nSPS) is 12.7. The summed E-state index contributed by atoms with van der Waals surface area (Å²) in [5.41, 5.74) is -0.983. The molecular formula is C26H26F6N2O. The van der Waals surface area contributed by atoms with Gasteiger partial charge in [0, 0.05) is 37.4 Å². The molecule has 188 valence electrons. The van der Waals surface area contributed by atoms with E-state index >= 15 is 0 Å². The third kappa shape index (κ3) is 7.99. The van der Waals surface area contributed by atoms with Crippen molar-refractivity contribution >= 4 is 0 Å². The Labute approximate surface area is 200 Å². The molecule has 0 spiro atoms. The summed E-state index contributed by atoms with van der Waals surface area (Å²) in [5.74, 6) is 0.285. The topological polar surface area (TPSA) is 25.4 Å². The van der Waals surface area contributed by atoms with Crippen LogP contribution in [0.25, 0.3) is 0 Å². The van der Waals surface area contributed by atoms with E-state index in [1.165, 1.54) is 24.3 Å². The number of pyridine rings is 1. The Bertz CT molecular complexity index is 1080. The van der Waals surface area contributed by atoms with Crippen molar-refractivity contribution in [2.24, 2.45) is 5.41 Å². The highest BCUT2D eigenvalue weighted by atomic mass is 19.4. The highest BCUT2D eigenvalue weighted by Crippen LogP contribution is 2.34. The molecule has 0 radical (unpaired) electrons. The van der Waals surface area contributed by atoms with Crippen molar-refractivity contribution in [3.05, 3.63) is 95.3 Å². The summed E-state index contributed by atoms with van der Waals surface area (Å²) in [6, 6.07) is 13.5. The van der Waals surface area contributed by atoms with Gasteiger partial charge in [0.25, 0.3) is 0 Å². The average Bonchev–Trinajstić information content (AvgIpc) is 2.77. The van der Waals surface area contributed by atoms with Crippen LogP contribution in [0.3, 0.4) is 0 Å². The van der Waals surface area contributed by atoms with Crippen molar-refractivity contribution in [1.29, 1.82) is 0 Å². The highest BCUT2D eigenvalue weighted by molar-refractivity contribution is 5.30. The van der Waals surface area contributed by atoms with Gasteiger partial charge in [-0.2, -0.15) is 26.3 Å². The Morgan fingerprint density at radius 2 is 1.49 bits per heavy atom. The summed E-state index contributed by atoms with van der Waals surface area (Å²) in [7, 11) is 0. The number of aromatic nitrogens is 1. The molecule has 0 N–H and O–H groups in total. The monoisotopic (exact) mass is 496 g/mol. The Kier molecular flexibility index (Phi) is 8.10. The van der Waals surface area contributed by atoms with Gasteiger partial charge in [0.15, 0.2) is 0 Å². The van der Waals surface area contributed by atoms with E-state index in [4.69, 9.17) is 4.74 Å². The van der Waals surface area contributed by atoms with Crippen molar-refractivity contribution in [2.45, 2.75) is 39.3 Å². The second-order valence-corrected chi connectivity index (χ2v) is 9.14. The zero-order chi connectivity index (χ0) is 25.7. The van der Waals surface area contributed by atoms with Crippen LogP contribution in [0.5, 0.6) is 5.75 Å².